The number of rotatable bonds is 3. The number of amidine groups is 1. The quantitative estimate of drug-likeness (QED) is 0.170. The molecular formula is C17H18F2IN7. The van der Waals surface area contributed by atoms with E-state index in [-0.39, 0.29) is 0 Å². The lowest BCUT2D eigenvalue weighted by Gasteiger charge is -2.39. The van der Waals surface area contributed by atoms with Gasteiger partial charge >= 0.3 is 0 Å². The third kappa shape index (κ3) is 3.16. The van der Waals surface area contributed by atoms with Crippen molar-refractivity contribution in [2.24, 2.45) is 5.73 Å². The summed E-state index contributed by atoms with van der Waals surface area (Å²) in [5.41, 5.74) is 7.40. The van der Waals surface area contributed by atoms with Crippen LogP contribution < -0.4 is 9.26 Å². The average molecular weight is 485 g/mol. The third-order valence-electron chi connectivity index (χ3n) is 5.06. The minimum Gasteiger partial charge on any atom is -0.356 e. The number of piperidine rings is 1. The maximum atomic E-state index is 13.4. The van der Waals surface area contributed by atoms with Crippen LogP contribution in [-0.2, 0) is 5.54 Å². The Balaban J connectivity index is 1.53. The molecule has 1 fully saturated rings. The fourth-order valence-electron chi connectivity index (χ4n) is 3.42. The molecule has 0 unspecified atom stereocenters. The lowest BCUT2D eigenvalue weighted by Crippen LogP contribution is -2.50. The van der Waals surface area contributed by atoms with Gasteiger partial charge in [0.2, 0.25) is 0 Å². The highest BCUT2D eigenvalue weighted by molar-refractivity contribution is 14.1. The molecule has 1 saturated heterocycles. The van der Waals surface area contributed by atoms with Gasteiger partial charge in [-0.05, 0) is 18.9 Å². The van der Waals surface area contributed by atoms with Gasteiger partial charge in [-0.1, -0.05) is 0 Å². The maximum absolute atomic E-state index is 13.4. The predicted molar refractivity (Wildman–Crippen MR) is 108 cm³/mol. The summed E-state index contributed by atoms with van der Waals surface area (Å²) in [5, 5.41) is 8.47. The van der Waals surface area contributed by atoms with Gasteiger partial charge in [0, 0.05) is 31.4 Å². The number of aromatic nitrogens is 3. The van der Waals surface area contributed by atoms with Crippen LogP contribution in [0.2, 0.25) is 0 Å². The molecular weight excluding hydrogens is 467 g/mol. The normalized spacial score (nSPS) is 16.7. The second-order valence-corrected chi connectivity index (χ2v) is 7.26. The fourth-order valence-corrected chi connectivity index (χ4v) is 3.87. The first-order valence-electron chi connectivity index (χ1n) is 8.43. The molecule has 0 bridgehead atoms. The van der Waals surface area contributed by atoms with Gasteiger partial charge in [0.25, 0.3) is 0 Å². The molecule has 1 aliphatic heterocycles. The molecule has 0 atom stereocenters. The lowest BCUT2D eigenvalue weighted by molar-refractivity contribution is 0.222. The van der Waals surface area contributed by atoms with E-state index in [1.165, 1.54) is 0 Å². The van der Waals surface area contributed by atoms with Gasteiger partial charge in [0.05, 0.1) is 45.0 Å². The van der Waals surface area contributed by atoms with E-state index in [2.05, 4.69) is 18.5 Å². The minimum absolute atomic E-state index is 0.356. The molecule has 3 aromatic rings. The molecule has 27 heavy (non-hydrogen) atoms. The monoisotopic (exact) mass is 485 g/mol. The summed E-state index contributed by atoms with van der Waals surface area (Å²) in [7, 11) is 0. The number of imidazole rings is 1. The van der Waals surface area contributed by atoms with E-state index in [1.807, 2.05) is 33.8 Å². The summed E-state index contributed by atoms with van der Waals surface area (Å²) in [6.07, 6.45) is 2.92. The van der Waals surface area contributed by atoms with Crippen molar-refractivity contribution in [2.45, 2.75) is 18.4 Å². The molecule has 0 aliphatic carbocycles. The standard InChI is InChI=1S/C17H18F2IN7/c18-10-7-12-13(8-11(10)19)25-16(24-12)17(22)2-5-27(6-3-17)14(21)9-1-4-23-15(9)26-20/h1,4,7-8,21,23,26H,2-3,5-6,22H2,(H,24,25). The SMILES string of the molecule is N=C(c1cc[nH]c1NI)N1CCC(N)(c2nc3cc(F)c(F)cc3[nH]2)CC1. The van der Waals surface area contributed by atoms with E-state index in [4.69, 9.17) is 11.1 Å². The molecule has 142 valence electrons. The van der Waals surface area contributed by atoms with Gasteiger partial charge in [-0.3, -0.25) is 5.41 Å². The highest BCUT2D eigenvalue weighted by Crippen LogP contribution is 2.31. The van der Waals surface area contributed by atoms with Crippen LogP contribution >= 0.6 is 22.9 Å². The minimum atomic E-state index is -0.930. The molecule has 1 aromatic carbocycles. The van der Waals surface area contributed by atoms with Crippen molar-refractivity contribution in [2.75, 3.05) is 16.6 Å². The second kappa shape index (κ2) is 6.75. The van der Waals surface area contributed by atoms with Gasteiger partial charge in [-0.15, -0.1) is 0 Å². The second-order valence-electron chi connectivity index (χ2n) is 6.72. The molecule has 3 heterocycles. The van der Waals surface area contributed by atoms with E-state index in [9.17, 15) is 8.78 Å². The van der Waals surface area contributed by atoms with Crippen LogP contribution in [0.5, 0.6) is 0 Å². The summed E-state index contributed by atoms with van der Waals surface area (Å²) < 4.78 is 29.9. The van der Waals surface area contributed by atoms with Crippen LogP contribution in [-0.4, -0.2) is 38.8 Å². The van der Waals surface area contributed by atoms with E-state index in [0.29, 0.717) is 48.6 Å². The number of halogens is 3. The zero-order chi connectivity index (χ0) is 19.2. The lowest BCUT2D eigenvalue weighted by atomic mass is 9.87. The molecule has 2 aromatic heterocycles. The Morgan fingerprint density at radius 2 is 2.00 bits per heavy atom. The molecule has 0 amide bonds. The van der Waals surface area contributed by atoms with E-state index in [0.717, 1.165) is 23.5 Å². The maximum Gasteiger partial charge on any atom is 0.161 e. The van der Waals surface area contributed by atoms with Gasteiger partial charge in [-0.25, -0.2) is 13.8 Å². The van der Waals surface area contributed by atoms with Crippen molar-refractivity contribution >= 4 is 45.6 Å². The largest absolute Gasteiger partial charge is 0.356 e. The molecule has 1 aliphatic rings. The molecule has 4 rings (SSSR count). The Morgan fingerprint density at radius 1 is 1.30 bits per heavy atom. The number of likely N-dealkylation sites (tertiary alicyclic amines) is 1. The van der Waals surface area contributed by atoms with Crippen molar-refractivity contribution < 1.29 is 8.78 Å². The Bertz CT molecular complexity index is 965. The van der Waals surface area contributed by atoms with E-state index in [1.54, 1.807) is 6.20 Å². The molecule has 0 radical (unpaired) electrons. The zero-order valence-corrected chi connectivity index (χ0v) is 16.4. The van der Waals surface area contributed by atoms with E-state index < -0.39 is 17.2 Å². The van der Waals surface area contributed by atoms with Crippen LogP contribution in [0, 0.1) is 17.0 Å². The van der Waals surface area contributed by atoms with Crippen molar-refractivity contribution in [3.63, 3.8) is 0 Å². The van der Waals surface area contributed by atoms with Crippen LogP contribution in [0.25, 0.3) is 11.0 Å². The molecule has 0 spiro atoms. The molecule has 6 N–H and O–H groups in total. The number of nitrogens with zero attached hydrogens (tertiary/aromatic N) is 2. The van der Waals surface area contributed by atoms with Crippen LogP contribution in [0.1, 0.15) is 24.2 Å². The number of anilines is 1. The Hall–Kier alpha value is -2.21. The number of fused-ring (bicyclic) bond motifs is 1. The highest BCUT2D eigenvalue weighted by atomic mass is 127. The number of aromatic amines is 2. The molecule has 10 heteroatoms. The Morgan fingerprint density at radius 3 is 2.70 bits per heavy atom. The number of hydrogen-bond acceptors (Lipinski definition) is 4. The molecule has 0 saturated carbocycles. The number of benzene rings is 1. The van der Waals surface area contributed by atoms with Gasteiger partial charge in [0.1, 0.15) is 17.5 Å². The number of nitrogens with two attached hydrogens (primary N) is 1. The summed E-state index contributed by atoms with van der Waals surface area (Å²) in [5.74, 6) is -0.123. The molecule has 7 nitrogen and oxygen atoms in total. The van der Waals surface area contributed by atoms with Crippen molar-refractivity contribution in [1.29, 1.82) is 5.41 Å². The van der Waals surface area contributed by atoms with Crippen LogP contribution in [0.3, 0.4) is 0 Å². The van der Waals surface area contributed by atoms with E-state index >= 15 is 0 Å². The number of H-pyrrole nitrogens is 2. The first kappa shape index (κ1) is 18.2. The smallest absolute Gasteiger partial charge is 0.161 e. The van der Waals surface area contributed by atoms with Crippen molar-refractivity contribution in [3.8, 4) is 0 Å². The van der Waals surface area contributed by atoms with Crippen molar-refractivity contribution in [3.05, 3.63) is 47.4 Å². The first-order chi connectivity index (χ1) is 12.9. The predicted octanol–water partition coefficient (Wildman–Crippen LogP) is 3.21. The van der Waals surface area contributed by atoms with Gasteiger partial charge < -0.3 is 24.1 Å². The Kier molecular flexibility index (Phi) is 4.54. The highest BCUT2D eigenvalue weighted by Gasteiger charge is 2.36. The summed E-state index contributed by atoms with van der Waals surface area (Å²) >= 11 is 2.02. The Labute approximate surface area is 167 Å². The number of hydrogen-bond donors (Lipinski definition) is 5. The zero-order valence-electron chi connectivity index (χ0n) is 14.2. The topological polar surface area (TPSA) is 110 Å². The van der Waals surface area contributed by atoms with Gasteiger partial charge in [0.15, 0.2) is 11.6 Å². The number of nitrogens with one attached hydrogen (secondary N) is 4. The van der Waals surface area contributed by atoms with Gasteiger partial charge in [-0.2, -0.15) is 0 Å². The summed E-state index contributed by atoms with van der Waals surface area (Å²) in [6.45, 7) is 1.17. The summed E-state index contributed by atoms with van der Waals surface area (Å²) in [4.78, 5) is 12.4. The first-order valence-corrected chi connectivity index (χ1v) is 9.51. The van der Waals surface area contributed by atoms with Crippen molar-refractivity contribution in [1.82, 2.24) is 19.9 Å². The fraction of sp³-hybridized carbons (Fsp3) is 0.294. The summed E-state index contributed by atoms with van der Waals surface area (Å²) in [6, 6.07) is 4.03. The van der Waals surface area contributed by atoms with Crippen LogP contribution in [0.15, 0.2) is 24.4 Å². The van der Waals surface area contributed by atoms with Crippen LogP contribution in [0.4, 0.5) is 14.6 Å². The average Bonchev–Trinajstić information content (AvgIpc) is 3.29. The third-order valence-corrected chi connectivity index (χ3v) is 5.60.